The molecule has 2 N–H and O–H groups in total. The monoisotopic (exact) mass is 446 g/mol. The fourth-order valence-corrected chi connectivity index (χ4v) is 3.10. The summed E-state index contributed by atoms with van der Waals surface area (Å²) in [4.78, 5) is 15.5. The van der Waals surface area contributed by atoms with Gasteiger partial charge in [-0.25, -0.2) is 10.1 Å². The molecule has 0 radical (unpaired) electrons. The van der Waals surface area contributed by atoms with E-state index < -0.39 is 11.7 Å². The van der Waals surface area contributed by atoms with Crippen molar-refractivity contribution in [2.75, 3.05) is 5.32 Å². The second-order valence-corrected chi connectivity index (χ2v) is 6.94. The molecule has 4 aromatic rings. The van der Waals surface area contributed by atoms with Crippen LogP contribution in [0, 0.1) is 0 Å². The summed E-state index contributed by atoms with van der Waals surface area (Å²) in [5, 5.41) is 10.8. The number of hydrogen-bond donors (Lipinski definition) is 2. The van der Waals surface area contributed by atoms with Gasteiger partial charge in [-0.1, -0.05) is 29.8 Å². The fraction of sp³-hybridized carbons (Fsp3) is 0.0952. The molecule has 0 unspecified atom stereocenters. The Morgan fingerprint density at radius 3 is 2.45 bits per heavy atom. The molecule has 158 valence electrons. The Hall–Kier alpha value is -3.59. The number of H-pyrrole nitrogens is 1. The molecule has 0 aliphatic rings. The predicted octanol–water partition coefficient (Wildman–Crippen LogP) is 5.39. The fourth-order valence-electron chi connectivity index (χ4n) is 2.90. The predicted molar refractivity (Wildman–Crippen MR) is 110 cm³/mol. The van der Waals surface area contributed by atoms with Gasteiger partial charge in [-0.3, -0.25) is 4.79 Å². The minimum absolute atomic E-state index is 0.126. The van der Waals surface area contributed by atoms with E-state index in [1.807, 2.05) is 12.1 Å². The van der Waals surface area contributed by atoms with Crippen molar-refractivity contribution in [3.05, 3.63) is 87.4 Å². The molecule has 0 fully saturated rings. The Labute approximate surface area is 178 Å². The second kappa shape index (κ2) is 8.27. The van der Waals surface area contributed by atoms with Gasteiger partial charge < -0.3 is 10.1 Å². The summed E-state index contributed by atoms with van der Waals surface area (Å²) in [6, 6.07) is 14.6. The van der Waals surface area contributed by atoms with Crippen LogP contribution >= 0.6 is 11.6 Å². The van der Waals surface area contributed by atoms with E-state index in [1.54, 1.807) is 36.4 Å². The number of hydrogen-bond acceptors (Lipinski definition) is 5. The summed E-state index contributed by atoms with van der Waals surface area (Å²) in [6.45, 7) is 0.365. The molecule has 0 saturated carbocycles. The van der Waals surface area contributed by atoms with Crippen LogP contribution in [0.3, 0.4) is 0 Å². The third-order valence-corrected chi connectivity index (χ3v) is 4.71. The van der Waals surface area contributed by atoms with Gasteiger partial charge >= 0.3 is 6.18 Å². The number of anilines is 1. The van der Waals surface area contributed by atoms with E-state index in [0.29, 0.717) is 29.6 Å². The first-order valence-corrected chi connectivity index (χ1v) is 9.40. The first-order valence-electron chi connectivity index (χ1n) is 9.02. The van der Waals surface area contributed by atoms with Crippen molar-refractivity contribution in [1.29, 1.82) is 0 Å². The average Bonchev–Trinajstić information content (AvgIpc) is 2.75. The van der Waals surface area contributed by atoms with E-state index in [0.717, 1.165) is 17.1 Å². The van der Waals surface area contributed by atoms with Crippen LogP contribution in [-0.2, 0) is 12.7 Å². The number of benzene rings is 2. The molecule has 31 heavy (non-hydrogen) atoms. The molecule has 0 amide bonds. The van der Waals surface area contributed by atoms with Crippen molar-refractivity contribution in [2.45, 2.75) is 12.7 Å². The van der Waals surface area contributed by atoms with Crippen molar-refractivity contribution >= 4 is 28.1 Å². The van der Waals surface area contributed by atoms with Crippen molar-refractivity contribution in [1.82, 2.24) is 15.2 Å². The molecule has 0 aliphatic heterocycles. The van der Waals surface area contributed by atoms with Gasteiger partial charge in [0, 0.05) is 17.3 Å². The first kappa shape index (κ1) is 20.7. The van der Waals surface area contributed by atoms with Crippen LogP contribution in [0.25, 0.3) is 10.8 Å². The second-order valence-electron chi connectivity index (χ2n) is 6.53. The van der Waals surface area contributed by atoms with Gasteiger partial charge in [0.15, 0.2) is 0 Å². The lowest BCUT2D eigenvalue weighted by atomic mass is 10.1. The Bertz CT molecular complexity index is 1290. The summed E-state index contributed by atoms with van der Waals surface area (Å²) in [5.74, 6) is 0.228. The van der Waals surface area contributed by atoms with Gasteiger partial charge in [-0.05, 0) is 36.4 Å². The van der Waals surface area contributed by atoms with Gasteiger partial charge in [0.05, 0.1) is 23.2 Å². The Morgan fingerprint density at radius 1 is 1.06 bits per heavy atom. The van der Waals surface area contributed by atoms with E-state index in [2.05, 4.69) is 20.5 Å². The Balaban J connectivity index is 1.45. The molecule has 2 aromatic heterocycles. The van der Waals surface area contributed by atoms with E-state index in [1.165, 1.54) is 0 Å². The van der Waals surface area contributed by atoms with Crippen molar-refractivity contribution in [3.63, 3.8) is 0 Å². The number of nitrogens with zero attached hydrogens (tertiary/aromatic N) is 2. The van der Waals surface area contributed by atoms with Crippen LogP contribution in [0.1, 0.15) is 11.3 Å². The average molecular weight is 447 g/mol. The highest BCUT2D eigenvalue weighted by Crippen LogP contribution is 2.34. The smallest absolute Gasteiger partial charge is 0.417 e. The van der Waals surface area contributed by atoms with Crippen molar-refractivity contribution < 1.29 is 17.9 Å². The van der Waals surface area contributed by atoms with Gasteiger partial charge in [0.1, 0.15) is 10.8 Å². The number of halogens is 4. The topological polar surface area (TPSA) is 79.9 Å². The Kier molecular flexibility index (Phi) is 5.51. The van der Waals surface area contributed by atoms with E-state index in [9.17, 15) is 18.0 Å². The number of aromatic nitrogens is 3. The lowest BCUT2D eigenvalue weighted by Crippen LogP contribution is -2.13. The first-order chi connectivity index (χ1) is 14.8. The molecule has 0 saturated heterocycles. The largest absolute Gasteiger partial charge is 0.438 e. The van der Waals surface area contributed by atoms with Gasteiger partial charge in [-0.2, -0.15) is 18.3 Å². The maximum Gasteiger partial charge on any atom is 0.417 e. The number of fused-ring (bicyclic) bond motifs is 1. The zero-order valence-corrected chi connectivity index (χ0v) is 16.5. The van der Waals surface area contributed by atoms with Crippen molar-refractivity contribution in [3.8, 4) is 11.6 Å². The standard InChI is InChI=1S/C21H14ClF3N4O2/c22-17-9-12(21(23,24)25)10-27-20(17)31-14-7-5-13(6-8-14)26-11-18-15-3-1-2-4-16(15)19(30)29-28-18/h1-10,26H,11H2,(H,29,30). The molecule has 2 aromatic carbocycles. The van der Waals surface area contributed by atoms with E-state index in [4.69, 9.17) is 16.3 Å². The highest BCUT2D eigenvalue weighted by atomic mass is 35.5. The lowest BCUT2D eigenvalue weighted by molar-refractivity contribution is -0.137. The van der Waals surface area contributed by atoms with Crippen LogP contribution in [0.15, 0.2) is 65.6 Å². The van der Waals surface area contributed by atoms with Crippen molar-refractivity contribution in [2.24, 2.45) is 0 Å². The van der Waals surface area contributed by atoms with Crippen LogP contribution < -0.4 is 15.6 Å². The molecule has 0 spiro atoms. The molecular formula is C21H14ClF3N4O2. The maximum atomic E-state index is 12.7. The molecule has 2 heterocycles. The van der Waals surface area contributed by atoms with Gasteiger partial charge in [0.25, 0.3) is 5.56 Å². The number of aromatic amines is 1. The summed E-state index contributed by atoms with van der Waals surface area (Å²) < 4.78 is 43.6. The highest BCUT2D eigenvalue weighted by Gasteiger charge is 2.31. The molecule has 10 heteroatoms. The summed E-state index contributed by atoms with van der Waals surface area (Å²) in [7, 11) is 0. The lowest BCUT2D eigenvalue weighted by Gasteiger charge is -2.11. The summed E-state index contributed by atoms with van der Waals surface area (Å²) in [5.41, 5.74) is 0.219. The summed E-state index contributed by atoms with van der Waals surface area (Å²) in [6.07, 6.45) is -3.87. The maximum absolute atomic E-state index is 12.7. The van der Waals surface area contributed by atoms with Gasteiger partial charge in [0.2, 0.25) is 5.88 Å². The number of rotatable bonds is 5. The summed E-state index contributed by atoms with van der Waals surface area (Å²) >= 11 is 5.86. The molecule has 0 atom stereocenters. The third-order valence-electron chi connectivity index (χ3n) is 4.44. The van der Waals surface area contributed by atoms with Crippen LogP contribution in [0.5, 0.6) is 11.6 Å². The number of pyridine rings is 1. The SMILES string of the molecule is O=c1[nH]nc(CNc2ccc(Oc3ncc(C(F)(F)F)cc3Cl)cc2)c2ccccc12. The third kappa shape index (κ3) is 4.61. The highest BCUT2D eigenvalue weighted by molar-refractivity contribution is 6.31. The molecule has 0 aliphatic carbocycles. The minimum Gasteiger partial charge on any atom is -0.438 e. The normalized spacial score (nSPS) is 11.5. The number of alkyl halides is 3. The van der Waals surface area contributed by atoms with Crippen LogP contribution in [-0.4, -0.2) is 15.2 Å². The minimum atomic E-state index is -4.53. The zero-order chi connectivity index (χ0) is 22.0. The van der Waals surface area contributed by atoms with Gasteiger partial charge in [-0.15, -0.1) is 0 Å². The number of ether oxygens (including phenoxy) is 1. The molecule has 6 nitrogen and oxygen atoms in total. The Morgan fingerprint density at radius 2 is 1.77 bits per heavy atom. The number of nitrogens with one attached hydrogen (secondary N) is 2. The van der Waals surface area contributed by atoms with Crippen LogP contribution in [0.4, 0.5) is 18.9 Å². The molecule has 4 rings (SSSR count). The zero-order valence-electron chi connectivity index (χ0n) is 15.7. The van der Waals surface area contributed by atoms with E-state index >= 15 is 0 Å². The van der Waals surface area contributed by atoms with Crippen LogP contribution in [0.2, 0.25) is 5.02 Å². The molecule has 0 bridgehead atoms. The quantitative estimate of drug-likeness (QED) is 0.429. The van der Waals surface area contributed by atoms with E-state index in [-0.39, 0.29) is 16.5 Å². The molecular weight excluding hydrogens is 433 g/mol.